The Morgan fingerprint density at radius 3 is 2.48 bits per heavy atom. The zero-order chi connectivity index (χ0) is 30.8. The van der Waals surface area contributed by atoms with E-state index < -0.39 is 66.5 Å². The van der Waals surface area contributed by atoms with Gasteiger partial charge in [-0.15, -0.1) is 0 Å². The van der Waals surface area contributed by atoms with Crippen molar-refractivity contribution < 1.29 is 47.7 Å². The quantitative estimate of drug-likeness (QED) is 0.263. The third kappa shape index (κ3) is 8.15. The number of carbonyl (C=O) groups excluding carboxylic acids is 5. The highest BCUT2D eigenvalue weighted by Gasteiger charge is 2.42. The predicted octanol–water partition coefficient (Wildman–Crippen LogP) is 2.59. The molecule has 2 unspecified atom stereocenters. The van der Waals surface area contributed by atoms with E-state index in [1.807, 2.05) is 18.2 Å². The summed E-state index contributed by atoms with van der Waals surface area (Å²) in [5.74, 6) is -5.72. The number of amides is 1. The van der Waals surface area contributed by atoms with Crippen molar-refractivity contribution in [1.29, 1.82) is 0 Å². The number of pyridine rings is 1. The number of nitrogens with one attached hydrogen (secondary N) is 1. The van der Waals surface area contributed by atoms with Gasteiger partial charge in [-0.3, -0.25) is 14.4 Å². The van der Waals surface area contributed by atoms with Crippen LogP contribution in [0.25, 0.3) is 0 Å². The van der Waals surface area contributed by atoms with Gasteiger partial charge in [0.2, 0.25) is 5.75 Å². The average Bonchev–Trinajstić information content (AvgIpc) is 2.99. The normalized spacial score (nSPS) is 20.9. The number of cyclic esters (lactones) is 2. The monoisotopic (exact) mass is 582 g/mol. The zero-order valence-electron chi connectivity index (χ0n) is 24.0. The van der Waals surface area contributed by atoms with E-state index in [0.29, 0.717) is 0 Å². The molecule has 1 aromatic heterocycles. The first kappa shape index (κ1) is 31.8. The highest BCUT2D eigenvalue weighted by atomic mass is 16.6. The van der Waals surface area contributed by atoms with Gasteiger partial charge in [-0.05, 0) is 25.8 Å². The van der Waals surface area contributed by atoms with Crippen molar-refractivity contribution in [2.45, 2.75) is 52.4 Å². The Balaban J connectivity index is 1.90. The molecular formula is C30H34N2O10. The molecule has 2 aromatic rings. The first-order chi connectivity index (χ1) is 20.0. The Hall–Kier alpha value is -4.74. The van der Waals surface area contributed by atoms with Crippen LogP contribution in [0.5, 0.6) is 11.5 Å². The van der Waals surface area contributed by atoms with Crippen molar-refractivity contribution in [2.24, 2.45) is 11.8 Å². The van der Waals surface area contributed by atoms with E-state index in [-0.39, 0.29) is 23.6 Å². The minimum absolute atomic E-state index is 0.0451. The molecule has 4 atom stereocenters. The van der Waals surface area contributed by atoms with Gasteiger partial charge in [0, 0.05) is 18.3 Å². The maximum Gasteiger partial charge on any atom is 0.336 e. The number of ether oxygens (including phenoxy) is 5. The highest BCUT2D eigenvalue weighted by Crippen LogP contribution is 2.30. The second kappa shape index (κ2) is 14.8. The lowest BCUT2D eigenvalue weighted by molar-refractivity contribution is -0.176. The van der Waals surface area contributed by atoms with E-state index in [1.165, 1.54) is 32.4 Å². The molecule has 0 spiro atoms. The van der Waals surface area contributed by atoms with Crippen LogP contribution in [-0.2, 0) is 39.8 Å². The first-order valence-electron chi connectivity index (χ1n) is 13.4. The lowest BCUT2D eigenvalue weighted by atomic mass is 9.91. The number of allylic oxidation sites excluding steroid dienone is 1. The van der Waals surface area contributed by atoms with E-state index in [9.17, 15) is 24.0 Å². The Morgan fingerprint density at radius 2 is 1.83 bits per heavy atom. The molecule has 2 heterocycles. The van der Waals surface area contributed by atoms with Crippen molar-refractivity contribution in [3.05, 3.63) is 66.0 Å². The van der Waals surface area contributed by atoms with Gasteiger partial charge in [0.05, 0.1) is 13.0 Å². The minimum Gasteiger partial charge on any atom is -0.493 e. The summed E-state index contributed by atoms with van der Waals surface area (Å²) in [4.78, 5) is 68.5. The molecule has 12 heteroatoms. The van der Waals surface area contributed by atoms with Gasteiger partial charge in [0.25, 0.3) is 5.91 Å². The van der Waals surface area contributed by atoms with E-state index >= 15 is 0 Å². The molecule has 1 amide bonds. The van der Waals surface area contributed by atoms with Gasteiger partial charge in [0.15, 0.2) is 23.6 Å². The average molecular weight is 583 g/mol. The van der Waals surface area contributed by atoms with E-state index in [0.717, 1.165) is 11.6 Å². The molecule has 12 nitrogen and oxygen atoms in total. The van der Waals surface area contributed by atoms with Gasteiger partial charge < -0.3 is 29.0 Å². The van der Waals surface area contributed by atoms with E-state index in [1.54, 1.807) is 32.9 Å². The summed E-state index contributed by atoms with van der Waals surface area (Å²) in [6.07, 6.45) is 1.74. The van der Waals surface area contributed by atoms with Gasteiger partial charge in [-0.25, -0.2) is 14.6 Å². The Morgan fingerprint density at radius 1 is 1.12 bits per heavy atom. The number of rotatable bonds is 9. The third-order valence-electron chi connectivity index (χ3n) is 6.28. The highest BCUT2D eigenvalue weighted by molar-refractivity contribution is 5.99. The molecule has 224 valence electrons. The molecule has 42 heavy (non-hydrogen) atoms. The molecule has 1 saturated heterocycles. The van der Waals surface area contributed by atoms with E-state index in [2.05, 4.69) is 10.3 Å². The number of benzene rings is 1. The second-order valence-electron chi connectivity index (χ2n) is 9.76. The summed E-state index contributed by atoms with van der Waals surface area (Å²) in [7, 11) is 1.31. The van der Waals surface area contributed by atoms with Crippen LogP contribution in [-0.4, -0.2) is 66.7 Å². The first-order valence-corrected chi connectivity index (χ1v) is 13.4. The fourth-order valence-corrected chi connectivity index (χ4v) is 4.10. The van der Waals surface area contributed by atoms with Gasteiger partial charge in [-0.1, -0.05) is 50.3 Å². The molecule has 0 saturated carbocycles. The topological polar surface area (TPSA) is 156 Å². The molecule has 0 bridgehead atoms. The number of nitrogens with zero attached hydrogens (tertiary/aromatic N) is 1. The Kier molecular flexibility index (Phi) is 11.2. The number of hydrogen-bond donors (Lipinski definition) is 1. The summed E-state index contributed by atoms with van der Waals surface area (Å²) in [6.45, 7) is 5.80. The predicted molar refractivity (Wildman–Crippen MR) is 147 cm³/mol. The molecule has 1 N–H and O–H groups in total. The second-order valence-corrected chi connectivity index (χ2v) is 9.76. The van der Waals surface area contributed by atoms with Crippen LogP contribution in [0, 0.1) is 11.8 Å². The van der Waals surface area contributed by atoms with Crippen molar-refractivity contribution in [3.8, 4) is 11.5 Å². The molecule has 1 aliphatic heterocycles. The van der Waals surface area contributed by atoms with Crippen LogP contribution in [0.15, 0.2) is 54.7 Å². The maximum absolute atomic E-state index is 13.4. The number of esters is 4. The van der Waals surface area contributed by atoms with Crippen LogP contribution >= 0.6 is 0 Å². The van der Waals surface area contributed by atoms with Crippen molar-refractivity contribution in [2.75, 3.05) is 13.7 Å². The fraction of sp³-hybridized carbons (Fsp3) is 0.400. The summed E-state index contributed by atoms with van der Waals surface area (Å²) >= 11 is 0. The summed E-state index contributed by atoms with van der Waals surface area (Å²) in [6, 6.07) is 8.97. The SMILES string of the molecule is C/C=C/C(=O)Oc1c(OC)ccnc1C(=O)NC1COC(=O)[C@H](Cc2ccccc2)C(OC(=O)C(C)C)[C@H](C)OC1=O. The van der Waals surface area contributed by atoms with Gasteiger partial charge >= 0.3 is 23.9 Å². The van der Waals surface area contributed by atoms with E-state index in [4.69, 9.17) is 23.7 Å². The molecule has 1 fully saturated rings. The van der Waals surface area contributed by atoms with Crippen molar-refractivity contribution in [1.82, 2.24) is 10.3 Å². The third-order valence-corrected chi connectivity index (χ3v) is 6.28. The molecule has 1 aromatic carbocycles. The molecular weight excluding hydrogens is 548 g/mol. The summed E-state index contributed by atoms with van der Waals surface area (Å²) in [5, 5.41) is 2.43. The number of methoxy groups -OCH3 is 1. The van der Waals surface area contributed by atoms with Crippen molar-refractivity contribution >= 4 is 29.8 Å². The standard InChI is InChI=1S/C30H34N2O10/c1-6-10-23(33)41-26-22(38-5)13-14-31-24(26)27(34)32-21-16-39-29(36)20(15-19-11-8-7-9-12-19)25(18(4)40-30(21)37)42-28(35)17(2)3/h6-14,17-18,20-21,25H,15-16H2,1-5H3,(H,32,34)/b10-6+/t18-,20+,21?,25?/m0/s1. The lowest BCUT2D eigenvalue weighted by Crippen LogP contribution is -2.47. The molecule has 1 aliphatic rings. The van der Waals surface area contributed by atoms with Crippen LogP contribution < -0.4 is 14.8 Å². The summed E-state index contributed by atoms with van der Waals surface area (Å²) in [5.41, 5.74) is 0.418. The van der Waals surface area contributed by atoms with Gasteiger partial charge in [-0.2, -0.15) is 0 Å². The lowest BCUT2D eigenvalue weighted by Gasteiger charge is -2.29. The Labute approximate surface area is 243 Å². The number of aromatic nitrogens is 1. The smallest absolute Gasteiger partial charge is 0.336 e. The van der Waals surface area contributed by atoms with Crippen LogP contribution in [0.1, 0.15) is 43.7 Å². The molecule has 0 aliphatic carbocycles. The van der Waals surface area contributed by atoms with Gasteiger partial charge in [0.1, 0.15) is 18.6 Å². The molecule has 3 rings (SSSR count). The fourth-order valence-electron chi connectivity index (χ4n) is 4.10. The van der Waals surface area contributed by atoms with Crippen LogP contribution in [0.4, 0.5) is 0 Å². The minimum atomic E-state index is -1.46. The van der Waals surface area contributed by atoms with Crippen LogP contribution in [0.3, 0.4) is 0 Å². The maximum atomic E-state index is 13.4. The Bertz CT molecular complexity index is 1320. The molecule has 0 radical (unpaired) electrons. The number of hydrogen-bond acceptors (Lipinski definition) is 11. The zero-order valence-corrected chi connectivity index (χ0v) is 24.0. The summed E-state index contributed by atoms with van der Waals surface area (Å²) < 4.78 is 27.2. The van der Waals surface area contributed by atoms with Crippen LogP contribution in [0.2, 0.25) is 0 Å². The largest absolute Gasteiger partial charge is 0.493 e. The van der Waals surface area contributed by atoms with Crippen molar-refractivity contribution in [3.63, 3.8) is 0 Å². The number of carbonyl (C=O) groups is 5.